The van der Waals surface area contributed by atoms with E-state index in [4.69, 9.17) is 14.6 Å². The second kappa shape index (κ2) is 10.3. The molecule has 0 radical (unpaired) electrons. The Morgan fingerprint density at radius 1 is 1.07 bits per heavy atom. The van der Waals surface area contributed by atoms with Crippen molar-refractivity contribution in [3.05, 3.63) is 0 Å². The van der Waals surface area contributed by atoms with Crippen molar-refractivity contribution < 1.29 is 24.1 Å². The first kappa shape index (κ1) is 13.2. The molecule has 0 bridgehead atoms. The smallest absolute Gasteiger partial charge is 0.450 e. The molecule has 0 fully saturated rings. The van der Waals surface area contributed by atoms with Crippen LogP contribution >= 0.6 is 0 Å². The number of carbonyl (C=O) groups is 1. The molecule has 0 aliphatic carbocycles. The van der Waals surface area contributed by atoms with Gasteiger partial charge in [0.15, 0.2) is 0 Å². The monoisotopic (exact) mass is 206 g/mol. The zero-order valence-corrected chi connectivity index (χ0v) is 8.53. The van der Waals surface area contributed by atoms with Crippen molar-refractivity contribution in [2.45, 2.75) is 19.8 Å². The Bertz CT molecular complexity index is 137. The van der Waals surface area contributed by atoms with E-state index < -0.39 is 6.16 Å². The van der Waals surface area contributed by atoms with Crippen LogP contribution in [0.4, 0.5) is 4.79 Å². The van der Waals surface area contributed by atoms with Crippen molar-refractivity contribution in [2.24, 2.45) is 0 Å². The van der Waals surface area contributed by atoms with Crippen molar-refractivity contribution in [1.82, 2.24) is 0 Å². The lowest BCUT2D eigenvalue weighted by molar-refractivity contribution is 0.0184. The number of hydrogen-bond donors (Lipinski definition) is 1. The highest BCUT2D eigenvalue weighted by Crippen LogP contribution is 1.87. The van der Waals surface area contributed by atoms with Gasteiger partial charge in [0.2, 0.25) is 0 Å². The normalized spacial score (nSPS) is 10.1. The molecule has 5 nitrogen and oxygen atoms in total. The Balaban J connectivity index is 2.88. The summed E-state index contributed by atoms with van der Waals surface area (Å²) >= 11 is 0. The van der Waals surface area contributed by atoms with Gasteiger partial charge in [-0.25, -0.2) is 4.79 Å². The first-order valence-electron chi connectivity index (χ1n) is 4.78. The topological polar surface area (TPSA) is 65.0 Å². The molecule has 0 amide bonds. The maximum absolute atomic E-state index is 9.90. The van der Waals surface area contributed by atoms with Gasteiger partial charge < -0.3 is 19.3 Å². The molecule has 0 unspecified atom stereocenters. The van der Waals surface area contributed by atoms with Crippen LogP contribution < -0.4 is 0 Å². The summed E-state index contributed by atoms with van der Waals surface area (Å²) in [6, 6.07) is 0. The number of rotatable bonds is 9. The number of unbranched alkanes of at least 4 members (excludes halogenated alkanes) is 1. The van der Waals surface area contributed by atoms with Gasteiger partial charge in [-0.1, -0.05) is 13.3 Å². The summed E-state index contributed by atoms with van der Waals surface area (Å²) in [7, 11) is 0. The third kappa shape index (κ3) is 11.2. The predicted molar refractivity (Wildman–Crippen MR) is 50.5 cm³/mol. The first-order valence-corrected chi connectivity index (χ1v) is 4.78. The van der Waals surface area contributed by atoms with Crippen LogP contribution in [-0.2, 0) is 14.2 Å². The lowest BCUT2D eigenvalue weighted by atomic mass is 10.4. The van der Waals surface area contributed by atoms with Crippen molar-refractivity contribution in [1.29, 1.82) is 0 Å². The van der Waals surface area contributed by atoms with E-state index in [0.717, 1.165) is 19.4 Å². The Morgan fingerprint density at radius 2 is 1.64 bits per heavy atom. The summed E-state index contributed by atoms with van der Waals surface area (Å²) in [5.41, 5.74) is 0. The highest BCUT2D eigenvalue weighted by atomic mass is 16.7. The fourth-order valence-corrected chi connectivity index (χ4v) is 0.756. The molecule has 0 aromatic carbocycles. The molecule has 0 atom stereocenters. The van der Waals surface area contributed by atoms with E-state index >= 15 is 0 Å². The molecule has 0 aliphatic rings. The van der Waals surface area contributed by atoms with Gasteiger partial charge in [0.25, 0.3) is 0 Å². The molecule has 0 saturated heterocycles. The number of carboxylic acid groups (broad SMARTS) is 1. The quantitative estimate of drug-likeness (QED) is 0.457. The van der Waals surface area contributed by atoms with E-state index in [1.54, 1.807) is 0 Å². The Labute approximate surface area is 84.0 Å². The fourth-order valence-electron chi connectivity index (χ4n) is 0.756. The average molecular weight is 206 g/mol. The minimum Gasteiger partial charge on any atom is -0.450 e. The van der Waals surface area contributed by atoms with E-state index in [1.165, 1.54) is 0 Å². The van der Waals surface area contributed by atoms with Crippen LogP contribution in [0.15, 0.2) is 0 Å². The first-order chi connectivity index (χ1) is 6.77. The summed E-state index contributed by atoms with van der Waals surface area (Å²) in [4.78, 5) is 9.90. The maximum atomic E-state index is 9.90. The summed E-state index contributed by atoms with van der Waals surface area (Å²) < 4.78 is 14.5. The van der Waals surface area contributed by atoms with Crippen molar-refractivity contribution in [2.75, 3.05) is 33.0 Å². The maximum Gasteiger partial charge on any atom is 0.505 e. The molecule has 5 heteroatoms. The molecule has 14 heavy (non-hydrogen) atoms. The average Bonchev–Trinajstić information content (AvgIpc) is 2.15. The van der Waals surface area contributed by atoms with Gasteiger partial charge in [-0.15, -0.1) is 0 Å². The molecular formula is C9H18O5. The fraction of sp³-hybridized carbons (Fsp3) is 0.889. The van der Waals surface area contributed by atoms with Crippen LogP contribution in [0.25, 0.3) is 0 Å². The number of ether oxygens (including phenoxy) is 3. The summed E-state index contributed by atoms with van der Waals surface area (Å²) in [6.45, 7) is 4.24. The standard InChI is InChI=1S/C9H18O5/c1-2-3-4-12-5-6-13-7-8-14-9(10)11/h2-8H2,1H3,(H,10,11). The zero-order chi connectivity index (χ0) is 10.6. The minimum atomic E-state index is -1.27. The predicted octanol–water partition coefficient (Wildman–Crippen LogP) is 1.51. The highest BCUT2D eigenvalue weighted by Gasteiger charge is 1.95. The lowest BCUT2D eigenvalue weighted by Gasteiger charge is -2.04. The van der Waals surface area contributed by atoms with Gasteiger partial charge in [-0.2, -0.15) is 0 Å². The summed E-state index contributed by atoms with van der Waals surface area (Å²) in [5, 5.41) is 8.11. The molecule has 0 saturated carbocycles. The third-order valence-electron chi connectivity index (χ3n) is 1.47. The van der Waals surface area contributed by atoms with Gasteiger partial charge >= 0.3 is 6.16 Å². The van der Waals surface area contributed by atoms with Crippen LogP contribution in [0.1, 0.15) is 19.8 Å². The van der Waals surface area contributed by atoms with Gasteiger partial charge in [0, 0.05) is 6.61 Å². The van der Waals surface area contributed by atoms with Crippen LogP contribution in [-0.4, -0.2) is 44.3 Å². The molecule has 0 rings (SSSR count). The van der Waals surface area contributed by atoms with E-state index in [0.29, 0.717) is 13.2 Å². The van der Waals surface area contributed by atoms with Gasteiger partial charge in [-0.3, -0.25) is 0 Å². The minimum absolute atomic E-state index is 0.0737. The van der Waals surface area contributed by atoms with Crippen molar-refractivity contribution in [3.8, 4) is 0 Å². The van der Waals surface area contributed by atoms with Gasteiger partial charge in [-0.05, 0) is 6.42 Å². The lowest BCUT2D eigenvalue weighted by Crippen LogP contribution is -2.11. The van der Waals surface area contributed by atoms with Gasteiger partial charge in [0.05, 0.1) is 19.8 Å². The van der Waals surface area contributed by atoms with E-state index in [2.05, 4.69) is 11.7 Å². The molecular weight excluding hydrogens is 188 g/mol. The molecule has 0 heterocycles. The Kier molecular flexibility index (Phi) is 9.68. The van der Waals surface area contributed by atoms with Gasteiger partial charge in [0.1, 0.15) is 6.61 Å². The van der Waals surface area contributed by atoms with Crippen LogP contribution in [0.3, 0.4) is 0 Å². The molecule has 1 N–H and O–H groups in total. The SMILES string of the molecule is CCCCOCCOCCOC(=O)O. The van der Waals surface area contributed by atoms with E-state index in [1.807, 2.05) is 0 Å². The molecule has 84 valence electrons. The van der Waals surface area contributed by atoms with Crippen LogP contribution in [0, 0.1) is 0 Å². The summed E-state index contributed by atoms with van der Waals surface area (Å²) in [5.74, 6) is 0. The van der Waals surface area contributed by atoms with Crippen LogP contribution in [0.5, 0.6) is 0 Å². The van der Waals surface area contributed by atoms with Crippen LogP contribution in [0.2, 0.25) is 0 Å². The Morgan fingerprint density at radius 3 is 2.21 bits per heavy atom. The highest BCUT2D eigenvalue weighted by molar-refractivity contribution is 5.56. The Hall–Kier alpha value is -0.810. The van der Waals surface area contributed by atoms with Crippen molar-refractivity contribution in [3.63, 3.8) is 0 Å². The van der Waals surface area contributed by atoms with E-state index in [9.17, 15) is 4.79 Å². The zero-order valence-electron chi connectivity index (χ0n) is 8.53. The van der Waals surface area contributed by atoms with Crippen molar-refractivity contribution >= 4 is 6.16 Å². The molecule has 0 aliphatic heterocycles. The largest absolute Gasteiger partial charge is 0.505 e. The van der Waals surface area contributed by atoms with E-state index in [-0.39, 0.29) is 13.2 Å². The molecule has 0 spiro atoms. The third-order valence-corrected chi connectivity index (χ3v) is 1.47. The second-order valence-electron chi connectivity index (χ2n) is 2.69. The molecule has 0 aromatic heterocycles. The molecule has 0 aromatic rings. The number of hydrogen-bond acceptors (Lipinski definition) is 4. The summed E-state index contributed by atoms with van der Waals surface area (Å²) in [6.07, 6.45) is 0.905. The second-order valence-corrected chi connectivity index (χ2v) is 2.69.